The number of benzene rings is 4. The number of hydrogen-bond acceptors (Lipinski definition) is 5. The number of pyridine rings is 1. The van der Waals surface area contributed by atoms with Crippen LogP contribution < -0.4 is 10.1 Å². The van der Waals surface area contributed by atoms with E-state index in [1.54, 1.807) is 12.1 Å². The smallest absolute Gasteiger partial charge is 0.339 e. The van der Waals surface area contributed by atoms with Gasteiger partial charge in [0.15, 0.2) is 6.10 Å². The van der Waals surface area contributed by atoms with Crippen molar-refractivity contribution < 1.29 is 19.1 Å². The first-order chi connectivity index (χ1) is 20.9. The largest absolute Gasteiger partial charge is 0.457 e. The maximum atomic E-state index is 13.7. The highest BCUT2D eigenvalue weighted by molar-refractivity contribution is 6.36. The van der Waals surface area contributed by atoms with Gasteiger partial charge in [0.05, 0.1) is 27.5 Å². The fraction of sp³-hybridized carbons (Fsp3) is 0.114. The summed E-state index contributed by atoms with van der Waals surface area (Å²) in [6.45, 7) is 1.52. The van der Waals surface area contributed by atoms with Crippen LogP contribution >= 0.6 is 23.2 Å². The number of hydrogen-bond donors (Lipinski definition) is 1. The lowest BCUT2D eigenvalue weighted by atomic mass is 10.0. The zero-order valence-electron chi connectivity index (χ0n) is 23.1. The molecule has 1 aliphatic carbocycles. The Hall–Kier alpha value is -4.65. The number of rotatable bonds is 7. The maximum absolute atomic E-state index is 13.7. The highest BCUT2D eigenvalue weighted by Gasteiger charge is 2.29. The van der Waals surface area contributed by atoms with E-state index in [0.717, 1.165) is 33.9 Å². The summed E-state index contributed by atoms with van der Waals surface area (Å²) in [4.78, 5) is 31.5. The van der Waals surface area contributed by atoms with Crippen molar-refractivity contribution in [3.8, 4) is 11.5 Å². The minimum absolute atomic E-state index is 0.286. The van der Waals surface area contributed by atoms with Crippen molar-refractivity contribution in [2.75, 3.05) is 5.32 Å². The Kier molecular flexibility index (Phi) is 8.14. The number of para-hydroxylation sites is 2. The molecule has 1 aliphatic rings. The topological polar surface area (TPSA) is 77.5 Å². The fourth-order valence-corrected chi connectivity index (χ4v) is 5.56. The van der Waals surface area contributed by atoms with Gasteiger partial charge in [-0.05, 0) is 91.1 Å². The maximum Gasteiger partial charge on any atom is 0.339 e. The predicted molar refractivity (Wildman–Crippen MR) is 171 cm³/mol. The van der Waals surface area contributed by atoms with Gasteiger partial charge in [-0.2, -0.15) is 0 Å². The van der Waals surface area contributed by atoms with Crippen LogP contribution in [0.15, 0.2) is 97.1 Å². The lowest BCUT2D eigenvalue weighted by molar-refractivity contribution is -0.123. The number of halogens is 2. The van der Waals surface area contributed by atoms with Crippen LogP contribution in [0.3, 0.4) is 0 Å². The van der Waals surface area contributed by atoms with E-state index in [2.05, 4.69) is 11.4 Å². The average molecular weight is 610 g/mol. The summed E-state index contributed by atoms with van der Waals surface area (Å²) in [6, 6.07) is 29.6. The number of amides is 1. The van der Waals surface area contributed by atoms with Crippen LogP contribution in [0, 0.1) is 0 Å². The van der Waals surface area contributed by atoms with Gasteiger partial charge >= 0.3 is 5.97 Å². The van der Waals surface area contributed by atoms with Gasteiger partial charge in [-0.15, -0.1) is 0 Å². The van der Waals surface area contributed by atoms with Crippen molar-refractivity contribution in [3.63, 3.8) is 0 Å². The average Bonchev–Trinajstić information content (AvgIpc) is 3.39. The minimum Gasteiger partial charge on any atom is -0.457 e. The van der Waals surface area contributed by atoms with E-state index in [9.17, 15) is 9.59 Å². The monoisotopic (exact) mass is 608 g/mol. The third-order valence-corrected chi connectivity index (χ3v) is 7.71. The van der Waals surface area contributed by atoms with Crippen LogP contribution in [0.25, 0.3) is 22.6 Å². The molecule has 0 spiro atoms. The Labute approximate surface area is 258 Å². The van der Waals surface area contributed by atoms with E-state index in [4.69, 9.17) is 37.7 Å². The molecule has 1 heterocycles. The van der Waals surface area contributed by atoms with Crippen molar-refractivity contribution in [1.29, 1.82) is 0 Å². The van der Waals surface area contributed by atoms with Gasteiger partial charge in [0, 0.05) is 10.4 Å². The Bertz CT molecular complexity index is 1890. The first kappa shape index (κ1) is 28.5. The van der Waals surface area contributed by atoms with Crippen LogP contribution in [-0.2, 0) is 16.0 Å². The number of carbonyl (C=O) groups is 2. The molecule has 0 bridgehead atoms. The lowest BCUT2D eigenvalue weighted by Gasteiger charge is -2.17. The minimum atomic E-state index is -1.08. The molecule has 1 aromatic heterocycles. The second kappa shape index (κ2) is 12.3. The van der Waals surface area contributed by atoms with Crippen LogP contribution in [-0.4, -0.2) is 23.0 Å². The fourth-order valence-electron chi connectivity index (χ4n) is 5.10. The van der Waals surface area contributed by atoms with Gasteiger partial charge in [0.25, 0.3) is 5.91 Å². The number of anilines is 1. The van der Waals surface area contributed by atoms with Crippen LogP contribution in [0.1, 0.15) is 40.5 Å². The molecule has 1 N–H and O–H groups in total. The van der Waals surface area contributed by atoms with E-state index < -0.39 is 18.0 Å². The number of aromatic nitrogens is 1. The van der Waals surface area contributed by atoms with Gasteiger partial charge in [0.1, 0.15) is 11.5 Å². The first-order valence-electron chi connectivity index (χ1n) is 13.8. The van der Waals surface area contributed by atoms with Crippen molar-refractivity contribution in [1.82, 2.24) is 4.98 Å². The molecular weight excluding hydrogens is 583 g/mol. The predicted octanol–water partition coefficient (Wildman–Crippen LogP) is 9.00. The Morgan fingerprint density at radius 3 is 2.47 bits per heavy atom. The molecule has 1 amide bonds. The molecule has 8 heteroatoms. The van der Waals surface area contributed by atoms with E-state index in [1.165, 1.54) is 13.0 Å². The molecular formula is C35H26Cl2N2O4. The molecule has 43 heavy (non-hydrogen) atoms. The second-order valence-electron chi connectivity index (χ2n) is 10.1. The third kappa shape index (κ3) is 6.26. The number of ether oxygens (including phenoxy) is 2. The summed E-state index contributed by atoms with van der Waals surface area (Å²) in [5, 5.41) is 4.11. The molecule has 0 saturated carbocycles. The molecule has 4 aromatic carbocycles. The summed E-state index contributed by atoms with van der Waals surface area (Å²) in [6.07, 6.45) is 2.32. The van der Waals surface area contributed by atoms with Gasteiger partial charge in [-0.25, -0.2) is 9.78 Å². The van der Waals surface area contributed by atoms with Gasteiger partial charge < -0.3 is 14.8 Å². The quantitative estimate of drug-likeness (QED) is 0.186. The zero-order valence-corrected chi connectivity index (χ0v) is 24.7. The van der Waals surface area contributed by atoms with E-state index in [0.29, 0.717) is 40.0 Å². The molecule has 214 valence electrons. The first-order valence-corrected chi connectivity index (χ1v) is 14.5. The summed E-state index contributed by atoms with van der Waals surface area (Å²) in [5.74, 6) is 0.389. The van der Waals surface area contributed by atoms with Crippen molar-refractivity contribution >= 4 is 63.3 Å². The van der Waals surface area contributed by atoms with E-state index >= 15 is 0 Å². The van der Waals surface area contributed by atoms with Crippen molar-refractivity contribution in [2.24, 2.45) is 0 Å². The van der Waals surface area contributed by atoms with Crippen LogP contribution in [0.5, 0.6) is 11.5 Å². The van der Waals surface area contributed by atoms with E-state index in [1.807, 2.05) is 78.9 Å². The normalized spacial score (nSPS) is 13.9. The van der Waals surface area contributed by atoms with Gasteiger partial charge in [-0.1, -0.05) is 71.7 Å². The standard InChI is InChI=1S/C35H26Cl2N2O4/c1-21(34(40)39-31-17-15-24(36)20-29(31)37)42-35(41)32-27-12-5-6-13-30(27)38-33-23(14-16-28(32)33)18-22-8-7-11-26(19-22)43-25-9-3-2-4-10-25/h2-13,15,17-21H,14,16H2,1H3,(H,39,40)/b23-18-/t21-/m1/s1. The second-order valence-corrected chi connectivity index (χ2v) is 11.0. The third-order valence-electron chi connectivity index (χ3n) is 7.17. The molecule has 1 atom stereocenters. The number of nitrogens with one attached hydrogen (secondary N) is 1. The Balaban J connectivity index is 1.28. The number of allylic oxidation sites excluding steroid dienone is 1. The Morgan fingerprint density at radius 1 is 0.884 bits per heavy atom. The molecule has 0 fully saturated rings. The summed E-state index contributed by atoms with van der Waals surface area (Å²) in [7, 11) is 0. The molecule has 0 aliphatic heterocycles. The van der Waals surface area contributed by atoms with Gasteiger partial charge in [-0.3, -0.25) is 4.79 Å². The molecule has 0 radical (unpaired) electrons. The Morgan fingerprint density at radius 2 is 1.65 bits per heavy atom. The molecule has 6 nitrogen and oxygen atoms in total. The SMILES string of the molecule is C[C@@H](OC(=O)c1c2c(nc3ccccc13)/C(=C\c1cccc(Oc3ccccc3)c1)CC2)C(=O)Nc1ccc(Cl)cc1Cl. The zero-order chi connectivity index (χ0) is 29.9. The number of nitrogens with zero attached hydrogens (tertiary/aromatic N) is 1. The van der Waals surface area contributed by atoms with E-state index in [-0.39, 0.29) is 5.02 Å². The summed E-state index contributed by atoms with van der Waals surface area (Å²) >= 11 is 12.2. The molecule has 0 unspecified atom stereocenters. The molecule has 5 aromatic rings. The number of fused-ring (bicyclic) bond motifs is 2. The summed E-state index contributed by atoms with van der Waals surface area (Å²) < 4.78 is 11.7. The highest BCUT2D eigenvalue weighted by Crippen LogP contribution is 2.38. The van der Waals surface area contributed by atoms with Crippen LogP contribution in [0.2, 0.25) is 10.0 Å². The highest BCUT2D eigenvalue weighted by atomic mass is 35.5. The van der Waals surface area contributed by atoms with Crippen LogP contribution in [0.4, 0.5) is 5.69 Å². The van der Waals surface area contributed by atoms with Crippen molar-refractivity contribution in [2.45, 2.75) is 25.9 Å². The lowest BCUT2D eigenvalue weighted by Crippen LogP contribution is -2.30. The van der Waals surface area contributed by atoms with Crippen molar-refractivity contribution in [3.05, 3.63) is 129 Å². The van der Waals surface area contributed by atoms with Gasteiger partial charge in [0.2, 0.25) is 0 Å². The summed E-state index contributed by atoms with van der Waals surface area (Å²) in [5.41, 5.74) is 5.00. The molecule has 0 saturated heterocycles. The number of carbonyl (C=O) groups excluding carboxylic acids is 2. The number of esters is 1. The molecule has 6 rings (SSSR count).